The maximum absolute atomic E-state index is 11.4. The number of carbonyl (C=O) groups is 1. The van der Waals surface area contributed by atoms with Crippen LogP contribution in [0.4, 0.5) is 0 Å². The standard InChI is InChI=1S/C10H23N3O2/c1-10(2,9(14)12-11)8-13(3)6-5-7-15-4/h5-8,11H2,1-4H3,(H,12,14). The van der Waals surface area contributed by atoms with E-state index < -0.39 is 5.41 Å². The van der Waals surface area contributed by atoms with Gasteiger partial charge in [-0.1, -0.05) is 0 Å². The van der Waals surface area contributed by atoms with E-state index in [0.717, 1.165) is 19.6 Å². The van der Waals surface area contributed by atoms with Gasteiger partial charge in [0.1, 0.15) is 0 Å². The highest BCUT2D eigenvalue weighted by molar-refractivity contribution is 5.81. The molecule has 0 heterocycles. The lowest BCUT2D eigenvalue weighted by molar-refractivity contribution is -0.130. The summed E-state index contributed by atoms with van der Waals surface area (Å²) in [7, 11) is 3.67. The van der Waals surface area contributed by atoms with Gasteiger partial charge in [-0.3, -0.25) is 10.2 Å². The zero-order valence-electron chi connectivity index (χ0n) is 10.2. The maximum Gasteiger partial charge on any atom is 0.240 e. The first-order valence-corrected chi connectivity index (χ1v) is 5.12. The number of methoxy groups -OCH3 is 1. The molecule has 0 aliphatic heterocycles. The van der Waals surface area contributed by atoms with Crippen molar-refractivity contribution < 1.29 is 9.53 Å². The molecule has 1 amide bonds. The third-order valence-corrected chi connectivity index (χ3v) is 2.30. The van der Waals surface area contributed by atoms with E-state index in [0.29, 0.717) is 6.54 Å². The van der Waals surface area contributed by atoms with Crippen molar-refractivity contribution in [2.75, 3.05) is 33.9 Å². The molecule has 5 nitrogen and oxygen atoms in total. The van der Waals surface area contributed by atoms with Gasteiger partial charge in [0.15, 0.2) is 0 Å². The number of nitrogens with two attached hydrogens (primary N) is 1. The van der Waals surface area contributed by atoms with E-state index in [-0.39, 0.29) is 5.91 Å². The van der Waals surface area contributed by atoms with Gasteiger partial charge in [0, 0.05) is 26.8 Å². The zero-order valence-corrected chi connectivity index (χ0v) is 10.2. The molecule has 5 heteroatoms. The van der Waals surface area contributed by atoms with E-state index in [2.05, 4.69) is 10.3 Å². The summed E-state index contributed by atoms with van der Waals surface area (Å²) in [5.41, 5.74) is 1.73. The maximum atomic E-state index is 11.4. The largest absolute Gasteiger partial charge is 0.385 e. The number of ether oxygens (including phenoxy) is 1. The van der Waals surface area contributed by atoms with Crippen LogP contribution in [0.5, 0.6) is 0 Å². The van der Waals surface area contributed by atoms with Gasteiger partial charge < -0.3 is 9.64 Å². The van der Waals surface area contributed by atoms with Gasteiger partial charge >= 0.3 is 0 Å². The first-order valence-electron chi connectivity index (χ1n) is 5.12. The van der Waals surface area contributed by atoms with E-state index in [1.54, 1.807) is 7.11 Å². The fourth-order valence-corrected chi connectivity index (χ4v) is 1.50. The highest BCUT2D eigenvalue weighted by Crippen LogP contribution is 2.16. The summed E-state index contributed by atoms with van der Waals surface area (Å²) in [6.45, 7) is 6.09. The van der Waals surface area contributed by atoms with Crippen LogP contribution in [0.25, 0.3) is 0 Å². The Balaban J connectivity index is 3.93. The third kappa shape index (κ3) is 5.71. The second-order valence-corrected chi connectivity index (χ2v) is 4.44. The monoisotopic (exact) mass is 217 g/mol. The molecule has 0 saturated carbocycles. The van der Waals surface area contributed by atoms with Crippen LogP contribution in [-0.2, 0) is 9.53 Å². The number of rotatable bonds is 7. The molecule has 0 aliphatic rings. The van der Waals surface area contributed by atoms with Gasteiger partial charge in [-0.05, 0) is 27.3 Å². The lowest BCUT2D eigenvalue weighted by atomic mass is 9.92. The minimum absolute atomic E-state index is 0.138. The minimum atomic E-state index is -0.462. The van der Waals surface area contributed by atoms with Crippen LogP contribution in [0.2, 0.25) is 0 Å². The van der Waals surface area contributed by atoms with E-state index in [1.165, 1.54) is 0 Å². The van der Waals surface area contributed by atoms with Crippen molar-refractivity contribution in [3.63, 3.8) is 0 Å². The Morgan fingerprint density at radius 1 is 1.53 bits per heavy atom. The number of hydrogen-bond acceptors (Lipinski definition) is 4. The van der Waals surface area contributed by atoms with E-state index in [4.69, 9.17) is 10.6 Å². The number of nitrogens with one attached hydrogen (secondary N) is 1. The molecular formula is C10H23N3O2. The smallest absolute Gasteiger partial charge is 0.240 e. The van der Waals surface area contributed by atoms with Crippen LogP contribution in [0, 0.1) is 5.41 Å². The van der Waals surface area contributed by atoms with E-state index in [9.17, 15) is 4.79 Å². The molecule has 0 aliphatic carbocycles. The number of hydrogen-bond donors (Lipinski definition) is 2. The van der Waals surface area contributed by atoms with E-state index in [1.807, 2.05) is 20.9 Å². The Bertz CT molecular complexity index is 195. The van der Waals surface area contributed by atoms with Crippen LogP contribution < -0.4 is 11.3 Å². The van der Waals surface area contributed by atoms with Crippen molar-refractivity contribution >= 4 is 5.91 Å². The summed E-state index contributed by atoms with van der Waals surface area (Å²) < 4.78 is 4.97. The number of carbonyl (C=O) groups excluding carboxylic acids is 1. The Morgan fingerprint density at radius 3 is 2.60 bits per heavy atom. The average Bonchev–Trinajstić information content (AvgIpc) is 2.16. The number of amides is 1. The SMILES string of the molecule is COCCCN(C)CC(C)(C)C(=O)NN. The first kappa shape index (κ1) is 14.3. The molecule has 0 unspecified atom stereocenters. The Hall–Kier alpha value is -0.650. The van der Waals surface area contributed by atoms with Crippen LogP contribution in [0.1, 0.15) is 20.3 Å². The molecule has 15 heavy (non-hydrogen) atoms. The summed E-state index contributed by atoms with van der Waals surface area (Å²) in [4.78, 5) is 13.5. The third-order valence-electron chi connectivity index (χ3n) is 2.30. The molecule has 3 N–H and O–H groups in total. The summed E-state index contributed by atoms with van der Waals surface area (Å²) >= 11 is 0. The van der Waals surface area contributed by atoms with Gasteiger partial charge in [0.2, 0.25) is 5.91 Å². The molecule has 0 aromatic heterocycles. The minimum Gasteiger partial charge on any atom is -0.385 e. The second-order valence-electron chi connectivity index (χ2n) is 4.44. The van der Waals surface area contributed by atoms with Crippen molar-refractivity contribution in [1.29, 1.82) is 0 Å². The lowest BCUT2D eigenvalue weighted by Crippen LogP contribution is -2.46. The Labute approximate surface area is 91.9 Å². The molecule has 0 fully saturated rings. The summed E-state index contributed by atoms with van der Waals surface area (Å²) in [5.74, 6) is 4.98. The van der Waals surface area contributed by atoms with Crippen LogP contribution >= 0.6 is 0 Å². The highest BCUT2D eigenvalue weighted by atomic mass is 16.5. The molecule has 0 rings (SSSR count). The highest BCUT2D eigenvalue weighted by Gasteiger charge is 2.28. The van der Waals surface area contributed by atoms with Gasteiger partial charge in [-0.25, -0.2) is 5.84 Å². The molecule has 0 bridgehead atoms. The second kappa shape index (κ2) is 6.76. The summed E-state index contributed by atoms with van der Waals surface area (Å²) in [6.07, 6.45) is 0.966. The molecule has 0 atom stereocenters. The predicted octanol–water partition coefficient (Wildman–Crippen LogP) is -0.0292. The van der Waals surface area contributed by atoms with Gasteiger partial charge in [0.25, 0.3) is 0 Å². The van der Waals surface area contributed by atoms with E-state index >= 15 is 0 Å². The van der Waals surface area contributed by atoms with Crippen molar-refractivity contribution in [3.8, 4) is 0 Å². The average molecular weight is 217 g/mol. The number of nitrogens with zero attached hydrogens (tertiary/aromatic N) is 1. The Morgan fingerprint density at radius 2 is 2.13 bits per heavy atom. The molecule has 0 saturated heterocycles. The fraction of sp³-hybridized carbons (Fsp3) is 0.900. The van der Waals surface area contributed by atoms with Crippen molar-refractivity contribution in [1.82, 2.24) is 10.3 Å². The molecule has 0 radical (unpaired) electrons. The zero-order chi connectivity index (χ0) is 11.9. The molecule has 0 spiro atoms. The topological polar surface area (TPSA) is 67.6 Å². The fourth-order valence-electron chi connectivity index (χ4n) is 1.50. The van der Waals surface area contributed by atoms with Crippen molar-refractivity contribution in [3.05, 3.63) is 0 Å². The van der Waals surface area contributed by atoms with Crippen LogP contribution in [0.3, 0.4) is 0 Å². The Kier molecular flexibility index (Phi) is 6.47. The lowest BCUT2D eigenvalue weighted by Gasteiger charge is -2.28. The first-order chi connectivity index (χ1) is 6.94. The quantitative estimate of drug-likeness (QED) is 0.272. The summed E-state index contributed by atoms with van der Waals surface area (Å²) in [5, 5.41) is 0. The number of hydrazine groups is 1. The van der Waals surface area contributed by atoms with Crippen LogP contribution in [0.15, 0.2) is 0 Å². The van der Waals surface area contributed by atoms with Gasteiger partial charge in [-0.2, -0.15) is 0 Å². The molecule has 0 aromatic rings. The van der Waals surface area contributed by atoms with Crippen molar-refractivity contribution in [2.45, 2.75) is 20.3 Å². The van der Waals surface area contributed by atoms with Crippen LogP contribution in [-0.4, -0.2) is 44.7 Å². The normalized spacial score (nSPS) is 11.9. The predicted molar refractivity (Wildman–Crippen MR) is 60.1 cm³/mol. The van der Waals surface area contributed by atoms with Gasteiger partial charge in [0.05, 0.1) is 5.41 Å². The van der Waals surface area contributed by atoms with Gasteiger partial charge in [-0.15, -0.1) is 0 Å². The summed E-state index contributed by atoms with van der Waals surface area (Å²) in [6, 6.07) is 0. The molecular weight excluding hydrogens is 194 g/mol. The molecule has 0 aromatic carbocycles. The molecule has 90 valence electrons. The van der Waals surface area contributed by atoms with Crippen molar-refractivity contribution in [2.24, 2.45) is 11.3 Å².